The van der Waals surface area contributed by atoms with Gasteiger partial charge < -0.3 is 5.73 Å². The van der Waals surface area contributed by atoms with Crippen molar-refractivity contribution in [2.24, 2.45) is 11.7 Å². The molecule has 102 valence electrons. The fourth-order valence-corrected chi connectivity index (χ4v) is 3.35. The molecule has 0 aromatic heterocycles. The maximum Gasteiger partial charge on any atom is 0.0331 e. The third-order valence-corrected chi connectivity index (χ3v) is 4.57. The number of hydrogen-bond acceptors (Lipinski definition) is 2. The van der Waals surface area contributed by atoms with Gasteiger partial charge in [-0.15, -0.1) is 0 Å². The zero-order chi connectivity index (χ0) is 12.7. The monoisotopic (exact) mass is 240 g/mol. The molecule has 1 saturated carbocycles. The zero-order valence-corrected chi connectivity index (χ0v) is 12.2. The fraction of sp³-hybridized carbons (Fsp3) is 1.00. The summed E-state index contributed by atoms with van der Waals surface area (Å²) in [6.45, 7) is 10.2. The van der Waals surface area contributed by atoms with Gasteiger partial charge in [-0.1, -0.05) is 40.0 Å². The molecule has 0 unspecified atom stereocenters. The van der Waals surface area contributed by atoms with Gasteiger partial charge in [0.05, 0.1) is 0 Å². The first-order chi connectivity index (χ1) is 8.22. The second-order valence-corrected chi connectivity index (χ2v) is 5.76. The van der Waals surface area contributed by atoms with E-state index in [4.69, 9.17) is 5.73 Å². The van der Waals surface area contributed by atoms with Crippen LogP contribution in [0.15, 0.2) is 0 Å². The third kappa shape index (κ3) is 3.69. The Morgan fingerprint density at radius 1 is 1.12 bits per heavy atom. The maximum atomic E-state index is 6.15. The van der Waals surface area contributed by atoms with E-state index in [1.54, 1.807) is 0 Å². The van der Waals surface area contributed by atoms with Crippen molar-refractivity contribution in [1.82, 2.24) is 4.90 Å². The molecule has 1 aliphatic carbocycles. The first-order valence-corrected chi connectivity index (χ1v) is 7.67. The van der Waals surface area contributed by atoms with Crippen molar-refractivity contribution in [1.29, 1.82) is 0 Å². The molecule has 0 amide bonds. The van der Waals surface area contributed by atoms with E-state index < -0.39 is 0 Å². The molecule has 0 bridgehead atoms. The zero-order valence-electron chi connectivity index (χ0n) is 12.2. The van der Waals surface area contributed by atoms with Crippen molar-refractivity contribution in [3.05, 3.63) is 0 Å². The van der Waals surface area contributed by atoms with E-state index in [0.29, 0.717) is 0 Å². The molecule has 17 heavy (non-hydrogen) atoms. The minimum atomic E-state index is 0.286. The summed E-state index contributed by atoms with van der Waals surface area (Å²) in [6, 6.07) is 0. The van der Waals surface area contributed by atoms with Gasteiger partial charge in [0.25, 0.3) is 0 Å². The Bertz CT molecular complexity index is 193. The summed E-state index contributed by atoms with van der Waals surface area (Å²) in [7, 11) is 0. The molecule has 0 atom stereocenters. The van der Waals surface area contributed by atoms with Crippen LogP contribution in [0, 0.1) is 5.92 Å². The molecule has 2 N–H and O–H groups in total. The summed E-state index contributed by atoms with van der Waals surface area (Å²) in [5, 5.41) is 0. The van der Waals surface area contributed by atoms with Gasteiger partial charge in [0.2, 0.25) is 0 Å². The molecular formula is C15H32N2. The number of nitrogens with two attached hydrogens (primary N) is 1. The highest BCUT2D eigenvalue weighted by Gasteiger charge is 2.34. The van der Waals surface area contributed by atoms with Crippen LogP contribution in [0.5, 0.6) is 0 Å². The second-order valence-electron chi connectivity index (χ2n) is 5.76. The van der Waals surface area contributed by atoms with Crippen molar-refractivity contribution >= 4 is 0 Å². The third-order valence-electron chi connectivity index (χ3n) is 4.57. The second kappa shape index (κ2) is 7.38. The predicted octanol–water partition coefficient (Wildman–Crippen LogP) is 3.41. The highest BCUT2D eigenvalue weighted by molar-refractivity contribution is 4.92. The largest absolute Gasteiger partial charge is 0.329 e. The molecule has 2 heteroatoms. The minimum absolute atomic E-state index is 0.286. The lowest BCUT2D eigenvalue weighted by Crippen LogP contribution is -2.55. The fourth-order valence-electron chi connectivity index (χ4n) is 3.35. The van der Waals surface area contributed by atoms with Crippen LogP contribution in [-0.2, 0) is 0 Å². The van der Waals surface area contributed by atoms with Crippen LogP contribution < -0.4 is 5.73 Å². The summed E-state index contributed by atoms with van der Waals surface area (Å²) in [5.74, 6) is 0.953. The van der Waals surface area contributed by atoms with Crippen LogP contribution in [-0.4, -0.2) is 30.1 Å². The van der Waals surface area contributed by atoms with E-state index in [9.17, 15) is 0 Å². The van der Waals surface area contributed by atoms with Crippen LogP contribution in [0.3, 0.4) is 0 Å². The lowest BCUT2D eigenvalue weighted by atomic mass is 9.81. The average molecular weight is 240 g/mol. The van der Waals surface area contributed by atoms with Gasteiger partial charge in [-0.25, -0.2) is 0 Å². The average Bonchev–Trinajstić information content (AvgIpc) is 2.27. The Morgan fingerprint density at radius 2 is 1.71 bits per heavy atom. The normalized spacial score (nSPS) is 17.5. The molecule has 0 aromatic rings. The maximum absolute atomic E-state index is 6.15. The van der Waals surface area contributed by atoms with E-state index >= 15 is 0 Å². The first kappa shape index (κ1) is 15.0. The summed E-state index contributed by atoms with van der Waals surface area (Å²) in [5.41, 5.74) is 6.44. The SMILES string of the molecule is CCCC(CN)(CCC)N(CC)CC1CCC1. The highest BCUT2D eigenvalue weighted by atomic mass is 15.2. The molecule has 0 spiro atoms. The molecule has 0 heterocycles. The molecule has 0 saturated heterocycles. The topological polar surface area (TPSA) is 29.3 Å². The molecule has 1 aliphatic rings. The molecule has 1 rings (SSSR count). The van der Waals surface area contributed by atoms with E-state index in [0.717, 1.165) is 19.0 Å². The van der Waals surface area contributed by atoms with Gasteiger partial charge in [-0.2, -0.15) is 0 Å². The van der Waals surface area contributed by atoms with Gasteiger partial charge in [-0.3, -0.25) is 4.90 Å². The Morgan fingerprint density at radius 3 is 2.00 bits per heavy atom. The smallest absolute Gasteiger partial charge is 0.0331 e. The number of nitrogens with zero attached hydrogens (tertiary/aromatic N) is 1. The van der Waals surface area contributed by atoms with Gasteiger partial charge in [-0.05, 0) is 38.1 Å². The Balaban J connectivity index is 2.67. The number of rotatable bonds is 9. The number of likely N-dealkylation sites (N-methyl/N-ethyl adjacent to an activating group) is 1. The summed E-state index contributed by atoms with van der Waals surface area (Å²) in [6.07, 6.45) is 9.34. The lowest BCUT2D eigenvalue weighted by molar-refractivity contribution is 0.0482. The van der Waals surface area contributed by atoms with Gasteiger partial charge in [0.1, 0.15) is 0 Å². The van der Waals surface area contributed by atoms with Crippen molar-refractivity contribution in [2.75, 3.05) is 19.6 Å². The molecular weight excluding hydrogens is 208 g/mol. The van der Waals surface area contributed by atoms with E-state index in [2.05, 4.69) is 25.7 Å². The molecule has 1 fully saturated rings. The van der Waals surface area contributed by atoms with Gasteiger partial charge >= 0.3 is 0 Å². The van der Waals surface area contributed by atoms with Crippen LogP contribution >= 0.6 is 0 Å². The Labute approximate surface area is 108 Å². The Hall–Kier alpha value is -0.0800. The summed E-state index contributed by atoms with van der Waals surface area (Å²) in [4.78, 5) is 2.70. The highest BCUT2D eigenvalue weighted by Crippen LogP contribution is 2.32. The predicted molar refractivity (Wildman–Crippen MR) is 76.2 cm³/mol. The Kier molecular flexibility index (Phi) is 6.50. The molecule has 0 aromatic carbocycles. The van der Waals surface area contributed by atoms with E-state index in [1.807, 2.05) is 0 Å². The molecule has 0 aliphatic heterocycles. The molecule has 2 nitrogen and oxygen atoms in total. The molecule has 0 radical (unpaired) electrons. The summed E-state index contributed by atoms with van der Waals surface area (Å²) < 4.78 is 0. The van der Waals surface area contributed by atoms with Crippen molar-refractivity contribution in [3.8, 4) is 0 Å². The standard InChI is InChI=1S/C15H32N2/c1-4-10-15(13-16,11-5-2)17(6-3)12-14-8-7-9-14/h14H,4-13,16H2,1-3H3. The quantitative estimate of drug-likeness (QED) is 0.669. The van der Waals surface area contributed by atoms with Crippen LogP contribution in [0.2, 0.25) is 0 Å². The van der Waals surface area contributed by atoms with Gasteiger partial charge in [0.15, 0.2) is 0 Å². The van der Waals surface area contributed by atoms with Gasteiger partial charge in [0, 0.05) is 18.6 Å². The van der Waals surface area contributed by atoms with Crippen molar-refractivity contribution in [3.63, 3.8) is 0 Å². The minimum Gasteiger partial charge on any atom is -0.329 e. The van der Waals surface area contributed by atoms with Crippen molar-refractivity contribution in [2.45, 2.75) is 71.3 Å². The summed E-state index contributed by atoms with van der Waals surface area (Å²) >= 11 is 0. The first-order valence-electron chi connectivity index (χ1n) is 7.67. The van der Waals surface area contributed by atoms with Crippen LogP contribution in [0.1, 0.15) is 65.7 Å². The lowest BCUT2D eigenvalue weighted by Gasteiger charge is -2.46. The number of hydrogen-bond donors (Lipinski definition) is 1. The van der Waals surface area contributed by atoms with E-state index in [-0.39, 0.29) is 5.54 Å². The van der Waals surface area contributed by atoms with E-state index in [1.165, 1.54) is 51.5 Å². The van der Waals surface area contributed by atoms with Crippen LogP contribution in [0.25, 0.3) is 0 Å². The van der Waals surface area contributed by atoms with Crippen molar-refractivity contribution < 1.29 is 0 Å². The van der Waals surface area contributed by atoms with Crippen LogP contribution in [0.4, 0.5) is 0 Å².